The van der Waals surface area contributed by atoms with Gasteiger partial charge in [0, 0.05) is 0 Å². The quantitative estimate of drug-likeness (QED) is 0.795. The van der Waals surface area contributed by atoms with Crippen LogP contribution in [0.25, 0.3) is 9.88 Å². The minimum Gasteiger partial charge on any atom is -0.139 e. The van der Waals surface area contributed by atoms with Crippen LogP contribution in [0.2, 0.25) is 5.02 Å². The van der Waals surface area contributed by atoms with Crippen molar-refractivity contribution in [1.29, 1.82) is 0 Å². The molecule has 0 aliphatic carbocycles. The molecule has 13 heavy (non-hydrogen) atoms. The van der Waals surface area contributed by atoms with Gasteiger partial charge in [0.25, 0.3) is 0 Å². The summed E-state index contributed by atoms with van der Waals surface area (Å²) in [5, 5.41) is 11.6. The maximum atomic E-state index is 6.09. The lowest BCUT2D eigenvalue weighted by molar-refractivity contribution is 1.08. The summed E-state index contributed by atoms with van der Waals surface area (Å²) in [6, 6.07) is 0. The highest BCUT2D eigenvalue weighted by molar-refractivity contribution is 9.11. The zero-order chi connectivity index (χ0) is 9.42. The maximum absolute atomic E-state index is 6.09. The topological polar surface area (TPSA) is 25.8 Å². The van der Waals surface area contributed by atoms with Crippen LogP contribution in [-0.2, 0) is 0 Å². The van der Waals surface area contributed by atoms with E-state index in [2.05, 4.69) is 26.1 Å². The summed E-state index contributed by atoms with van der Waals surface area (Å²) in [6.45, 7) is 1.98. The van der Waals surface area contributed by atoms with E-state index in [1.54, 1.807) is 11.3 Å². The summed E-state index contributed by atoms with van der Waals surface area (Å²) in [6.07, 6.45) is 0. The van der Waals surface area contributed by atoms with Gasteiger partial charge in [-0.1, -0.05) is 22.9 Å². The van der Waals surface area contributed by atoms with Crippen molar-refractivity contribution in [3.05, 3.63) is 19.9 Å². The first-order chi connectivity index (χ1) is 6.18. The third kappa shape index (κ3) is 1.79. The molecule has 0 amide bonds. The third-order valence-electron chi connectivity index (χ3n) is 1.49. The molecule has 0 saturated carbocycles. The fourth-order valence-corrected chi connectivity index (χ4v) is 3.41. The molecule has 0 fully saturated rings. The van der Waals surface area contributed by atoms with E-state index >= 15 is 0 Å². The Labute approximate surface area is 96.7 Å². The van der Waals surface area contributed by atoms with Gasteiger partial charge in [0.1, 0.15) is 0 Å². The molecular formula is C7H4BrClN2S2. The van der Waals surface area contributed by atoms with E-state index < -0.39 is 0 Å². The van der Waals surface area contributed by atoms with Crippen molar-refractivity contribution in [2.24, 2.45) is 0 Å². The van der Waals surface area contributed by atoms with Crippen LogP contribution in [0.5, 0.6) is 0 Å². The number of hydrogen-bond donors (Lipinski definition) is 0. The SMILES string of the molecule is Cc1csc(-c2nnc(Br)s2)c1Cl. The average molecular weight is 296 g/mol. The van der Waals surface area contributed by atoms with E-state index in [0.717, 1.165) is 24.4 Å². The number of nitrogens with zero attached hydrogens (tertiary/aromatic N) is 2. The first-order valence-corrected chi connectivity index (χ1v) is 6.28. The van der Waals surface area contributed by atoms with E-state index in [4.69, 9.17) is 11.6 Å². The molecular weight excluding hydrogens is 292 g/mol. The standard InChI is InChI=1S/C7H4BrClN2S2/c1-3-2-12-5(4(3)9)6-10-11-7(8)13-6/h2H,1H3. The molecule has 0 spiro atoms. The molecule has 2 nitrogen and oxygen atoms in total. The van der Waals surface area contributed by atoms with Crippen LogP contribution in [0.1, 0.15) is 5.56 Å². The smallest absolute Gasteiger partial charge is 0.139 e. The summed E-state index contributed by atoms with van der Waals surface area (Å²) in [4.78, 5) is 1.00. The molecule has 0 aliphatic rings. The molecule has 2 rings (SSSR count). The molecule has 2 heterocycles. The maximum Gasteiger partial charge on any atom is 0.183 e. The van der Waals surface area contributed by atoms with Gasteiger partial charge in [0.05, 0.1) is 9.90 Å². The summed E-state index contributed by atoms with van der Waals surface area (Å²) >= 11 is 12.4. The molecule has 6 heteroatoms. The summed E-state index contributed by atoms with van der Waals surface area (Å²) in [7, 11) is 0. The highest BCUT2D eigenvalue weighted by Crippen LogP contribution is 2.38. The van der Waals surface area contributed by atoms with Crippen LogP contribution in [0.4, 0.5) is 0 Å². The molecule has 0 N–H and O–H groups in total. The van der Waals surface area contributed by atoms with Gasteiger partial charge in [-0.3, -0.25) is 0 Å². The van der Waals surface area contributed by atoms with Gasteiger partial charge >= 0.3 is 0 Å². The Morgan fingerprint density at radius 1 is 1.46 bits per heavy atom. The predicted octanol–water partition coefficient (Wildman–Crippen LogP) is 3.99. The molecule has 0 unspecified atom stereocenters. The average Bonchev–Trinajstić information content (AvgIpc) is 2.62. The highest BCUT2D eigenvalue weighted by Gasteiger charge is 2.12. The van der Waals surface area contributed by atoms with Crippen molar-refractivity contribution in [3.63, 3.8) is 0 Å². The van der Waals surface area contributed by atoms with Crippen molar-refractivity contribution in [1.82, 2.24) is 10.2 Å². The second-order valence-corrected chi connectivity index (χ2v) is 5.93. The van der Waals surface area contributed by atoms with Crippen molar-refractivity contribution in [2.45, 2.75) is 6.92 Å². The molecule has 2 aromatic rings. The normalized spacial score (nSPS) is 10.7. The molecule has 68 valence electrons. The second-order valence-electron chi connectivity index (χ2n) is 2.42. The molecule has 0 radical (unpaired) electrons. The van der Waals surface area contributed by atoms with Crippen LogP contribution in [0.3, 0.4) is 0 Å². The number of aryl methyl sites for hydroxylation is 1. The molecule has 0 aliphatic heterocycles. The Kier molecular flexibility index (Phi) is 2.69. The van der Waals surface area contributed by atoms with Gasteiger partial charge in [0.2, 0.25) is 0 Å². The van der Waals surface area contributed by atoms with Gasteiger partial charge in [-0.05, 0) is 33.8 Å². The van der Waals surface area contributed by atoms with E-state index in [-0.39, 0.29) is 0 Å². The molecule has 0 aromatic carbocycles. The zero-order valence-corrected chi connectivity index (χ0v) is 10.5. The van der Waals surface area contributed by atoms with Crippen LogP contribution < -0.4 is 0 Å². The van der Waals surface area contributed by atoms with Crippen LogP contribution >= 0.6 is 50.2 Å². The monoisotopic (exact) mass is 294 g/mol. The van der Waals surface area contributed by atoms with Crippen LogP contribution in [0, 0.1) is 6.92 Å². The first kappa shape index (κ1) is 9.58. The number of halogens is 2. The summed E-state index contributed by atoms with van der Waals surface area (Å²) in [5.74, 6) is 0. The Balaban J connectivity index is 2.52. The lowest BCUT2D eigenvalue weighted by Gasteiger charge is -1.89. The van der Waals surface area contributed by atoms with Crippen molar-refractivity contribution >= 4 is 50.2 Å². The predicted molar refractivity (Wildman–Crippen MR) is 60.7 cm³/mol. The Bertz CT molecular complexity index is 437. The fraction of sp³-hybridized carbons (Fsp3) is 0.143. The minimum absolute atomic E-state index is 0.782. The largest absolute Gasteiger partial charge is 0.183 e. The van der Waals surface area contributed by atoms with Crippen LogP contribution in [0.15, 0.2) is 9.30 Å². The first-order valence-electron chi connectivity index (χ1n) is 3.41. The molecule has 2 aromatic heterocycles. The second kappa shape index (κ2) is 3.65. The van der Waals surface area contributed by atoms with Crippen molar-refractivity contribution in [3.8, 4) is 9.88 Å². The number of hydrogen-bond acceptors (Lipinski definition) is 4. The Morgan fingerprint density at radius 3 is 2.69 bits per heavy atom. The van der Waals surface area contributed by atoms with Gasteiger partial charge in [-0.15, -0.1) is 21.5 Å². The zero-order valence-electron chi connectivity index (χ0n) is 6.54. The molecule has 0 atom stereocenters. The fourth-order valence-electron chi connectivity index (χ4n) is 0.871. The van der Waals surface area contributed by atoms with Gasteiger partial charge < -0.3 is 0 Å². The summed E-state index contributed by atoms with van der Waals surface area (Å²) in [5.41, 5.74) is 1.09. The molecule has 0 saturated heterocycles. The van der Waals surface area contributed by atoms with E-state index in [0.29, 0.717) is 0 Å². The number of thiophene rings is 1. The Morgan fingerprint density at radius 2 is 2.23 bits per heavy atom. The van der Waals surface area contributed by atoms with Crippen molar-refractivity contribution in [2.75, 3.05) is 0 Å². The Hall–Kier alpha value is 0.0300. The van der Waals surface area contributed by atoms with E-state index in [9.17, 15) is 0 Å². The van der Waals surface area contributed by atoms with Crippen molar-refractivity contribution < 1.29 is 0 Å². The van der Waals surface area contributed by atoms with Gasteiger partial charge in [-0.2, -0.15) is 0 Å². The number of rotatable bonds is 1. The summed E-state index contributed by atoms with van der Waals surface area (Å²) < 4.78 is 0.782. The van der Waals surface area contributed by atoms with Crippen LogP contribution in [-0.4, -0.2) is 10.2 Å². The minimum atomic E-state index is 0.782. The lowest BCUT2D eigenvalue weighted by Crippen LogP contribution is -1.72. The third-order valence-corrected chi connectivity index (χ3v) is 4.70. The highest BCUT2D eigenvalue weighted by atomic mass is 79.9. The lowest BCUT2D eigenvalue weighted by atomic mass is 10.3. The van der Waals surface area contributed by atoms with Gasteiger partial charge in [-0.25, -0.2) is 0 Å². The van der Waals surface area contributed by atoms with E-state index in [1.165, 1.54) is 11.3 Å². The number of aromatic nitrogens is 2. The van der Waals surface area contributed by atoms with E-state index in [1.807, 2.05) is 12.3 Å². The van der Waals surface area contributed by atoms with Gasteiger partial charge in [0.15, 0.2) is 8.92 Å². The molecule has 0 bridgehead atoms.